The van der Waals surface area contributed by atoms with E-state index >= 15 is 0 Å². The zero-order valence-electron chi connectivity index (χ0n) is 15.0. The van der Waals surface area contributed by atoms with Gasteiger partial charge in [0.05, 0.1) is 25.6 Å². The topological polar surface area (TPSA) is 55.8 Å². The molecule has 2 heterocycles. The van der Waals surface area contributed by atoms with Gasteiger partial charge in [0, 0.05) is 18.5 Å². The fourth-order valence-corrected chi connectivity index (χ4v) is 3.72. The van der Waals surface area contributed by atoms with E-state index in [-0.39, 0.29) is 18.1 Å². The molecule has 5 heteroatoms. The van der Waals surface area contributed by atoms with E-state index < -0.39 is 5.60 Å². The Balaban J connectivity index is 1.55. The van der Waals surface area contributed by atoms with Crippen LogP contribution in [-0.4, -0.2) is 42.4 Å². The van der Waals surface area contributed by atoms with E-state index in [1.165, 1.54) is 0 Å². The van der Waals surface area contributed by atoms with E-state index in [1.807, 2.05) is 31.2 Å². The van der Waals surface area contributed by atoms with Crippen LogP contribution in [0, 0.1) is 6.92 Å². The average molecular weight is 351 g/mol. The predicted octanol–water partition coefficient (Wildman–Crippen LogP) is 3.25. The summed E-state index contributed by atoms with van der Waals surface area (Å²) in [6.07, 6.45) is 0.937. The van der Waals surface area contributed by atoms with Gasteiger partial charge < -0.3 is 14.4 Å². The lowest BCUT2D eigenvalue weighted by molar-refractivity contribution is 0.0427. The molecule has 26 heavy (non-hydrogen) atoms. The smallest absolute Gasteiger partial charge is 0.253 e. The monoisotopic (exact) mass is 351 g/mol. The van der Waals surface area contributed by atoms with Crippen LogP contribution in [0.25, 0.3) is 0 Å². The molecular formula is C21H21NO4. The van der Waals surface area contributed by atoms with Crippen LogP contribution < -0.4 is 9.47 Å². The molecule has 0 aromatic heterocycles. The highest BCUT2D eigenvalue weighted by Crippen LogP contribution is 2.40. The maximum absolute atomic E-state index is 12.8. The molecule has 1 spiro atoms. The maximum atomic E-state index is 12.8. The molecule has 1 fully saturated rings. The second-order valence-electron chi connectivity index (χ2n) is 7.09. The molecule has 2 aliphatic rings. The van der Waals surface area contributed by atoms with Crippen LogP contribution in [0.15, 0.2) is 42.5 Å². The second kappa shape index (κ2) is 6.16. The van der Waals surface area contributed by atoms with Crippen LogP contribution in [0.2, 0.25) is 0 Å². The Hall–Kier alpha value is -2.82. The van der Waals surface area contributed by atoms with Crippen molar-refractivity contribution in [1.29, 1.82) is 0 Å². The van der Waals surface area contributed by atoms with E-state index in [4.69, 9.17) is 9.47 Å². The Bertz CT molecular complexity index is 874. The van der Waals surface area contributed by atoms with Crippen molar-refractivity contribution in [1.82, 2.24) is 4.90 Å². The number of ketones is 1. The molecule has 0 saturated carbocycles. The maximum Gasteiger partial charge on any atom is 0.253 e. The van der Waals surface area contributed by atoms with E-state index in [0.29, 0.717) is 42.1 Å². The summed E-state index contributed by atoms with van der Waals surface area (Å²) < 4.78 is 11.4. The van der Waals surface area contributed by atoms with Crippen molar-refractivity contribution in [3.8, 4) is 11.5 Å². The Morgan fingerprint density at radius 3 is 2.69 bits per heavy atom. The number of hydrogen-bond acceptors (Lipinski definition) is 4. The van der Waals surface area contributed by atoms with Crippen LogP contribution in [0.4, 0.5) is 0 Å². The highest BCUT2D eigenvalue weighted by Gasteiger charge is 2.47. The van der Waals surface area contributed by atoms with Gasteiger partial charge in [0.25, 0.3) is 5.91 Å². The lowest BCUT2D eigenvalue weighted by atomic mass is 9.89. The number of ether oxygens (including phenoxy) is 2. The number of aryl methyl sites for hydroxylation is 1. The summed E-state index contributed by atoms with van der Waals surface area (Å²) in [5.41, 5.74) is 1.71. The first-order chi connectivity index (χ1) is 12.5. The van der Waals surface area contributed by atoms with E-state index in [2.05, 4.69) is 0 Å². The summed E-state index contributed by atoms with van der Waals surface area (Å²) in [5, 5.41) is 0. The fraction of sp³-hybridized carbons (Fsp3) is 0.333. The molecule has 2 aliphatic heterocycles. The zero-order valence-corrected chi connectivity index (χ0v) is 15.0. The number of methoxy groups -OCH3 is 1. The van der Waals surface area contributed by atoms with Gasteiger partial charge in [-0.3, -0.25) is 9.59 Å². The molecule has 134 valence electrons. The Morgan fingerprint density at radius 2 is 1.96 bits per heavy atom. The number of fused-ring (bicyclic) bond motifs is 1. The highest BCUT2D eigenvalue weighted by molar-refractivity contribution is 6.01. The first-order valence-electron chi connectivity index (χ1n) is 8.76. The van der Waals surface area contributed by atoms with Gasteiger partial charge in [-0.15, -0.1) is 0 Å². The average Bonchev–Trinajstić information content (AvgIpc) is 3.04. The SMILES string of the molecule is COc1ccc2c(c1)C(=O)CC1(CCN(C(=O)c3ccc(C)cc3)C1)O2. The third-order valence-electron chi connectivity index (χ3n) is 5.20. The van der Waals surface area contributed by atoms with Crippen LogP contribution in [0.3, 0.4) is 0 Å². The number of Topliss-reactive ketones (excluding diaryl/α,β-unsaturated/α-hetero) is 1. The fourth-order valence-electron chi connectivity index (χ4n) is 3.72. The van der Waals surface area contributed by atoms with Gasteiger partial charge in [0.15, 0.2) is 5.78 Å². The van der Waals surface area contributed by atoms with Gasteiger partial charge in [-0.1, -0.05) is 17.7 Å². The van der Waals surface area contributed by atoms with E-state index in [1.54, 1.807) is 30.2 Å². The van der Waals surface area contributed by atoms with Crippen molar-refractivity contribution < 1.29 is 19.1 Å². The zero-order chi connectivity index (χ0) is 18.3. The number of likely N-dealkylation sites (tertiary alicyclic amines) is 1. The Labute approximate surface area is 152 Å². The molecule has 5 nitrogen and oxygen atoms in total. The summed E-state index contributed by atoms with van der Waals surface area (Å²) in [6, 6.07) is 12.8. The standard InChI is InChI=1S/C21H21NO4/c1-14-3-5-15(6-4-14)20(24)22-10-9-21(13-22)12-18(23)17-11-16(25-2)7-8-19(17)26-21/h3-8,11H,9-10,12-13H2,1-2H3. The second-order valence-corrected chi connectivity index (χ2v) is 7.09. The van der Waals surface area contributed by atoms with Crippen LogP contribution in [0.5, 0.6) is 11.5 Å². The molecule has 2 aromatic carbocycles. The van der Waals surface area contributed by atoms with Gasteiger partial charge in [0.2, 0.25) is 0 Å². The molecule has 1 atom stereocenters. The molecule has 0 radical (unpaired) electrons. The van der Waals surface area contributed by atoms with Gasteiger partial charge in [-0.25, -0.2) is 0 Å². The highest BCUT2D eigenvalue weighted by atomic mass is 16.5. The molecule has 0 N–H and O–H groups in total. The number of amides is 1. The quantitative estimate of drug-likeness (QED) is 0.833. The molecule has 0 aliphatic carbocycles. The van der Waals surface area contributed by atoms with Crippen LogP contribution in [-0.2, 0) is 0 Å². The lowest BCUT2D eigenvalue weighted by Crippen LogP contribution is -2.45. The molecule has 0 bridgehead atoms. The molecule has 2 aromatic rings. The van der Waals surface area contributed by atoms with Gasteiger partial charge in [-0.2, -0.15) is 0 Å². The first kappa shape index (κ1) is 16.6. The van der Waals surface area contributed by atoms with Crippen LogP contribution in [0.1, 0.15) is 39.1 Å². The van der Waals surface area contributed by atoms with Crippen molar-refractivity contribution in [2.75, 3.05) is 20.2 Å². The van der Waals surface area contributed by atoms with E-state index in [0.717, 1.165) is 5.56 Å². The number of hydrogen-bond donors (Lipinski definition) is 0. The number of rotatable bonds is 2. The van der Waals surface area contributed by atoms with Crippen molar-refractivity contribution in [2.45, 2.75) is 25.4 Å². The van der Waals surface area contributed by atoms with Gasteiger partial charge in [-0.05, 0) is 37.3 Å². The molecule has 1 unspecified atom stereocenters. The Morgan fingerprint density at radius 1 is 1.19 bits per heavy atom. The number of carbonyl (C=O) groups excluding carboxylic acids is 2. The third kappa shape index (κ3) is 2.83. The summed E-state index contributed by atoms with van der Waals surface area (Å²) in [5.74, 6) is 1.24. The summed E-state index contributed by atoms with van der Waals surface area (Å²) in [4.78, 5) is 27.2. The number of nitrogens with zero attached hydrogens (tertiary/aromatic N) is 1. The predicted molar refractivity (Wildman–Crippen MR) is 97.0 cm³/mol. The molecular weight excluding hydrogens is 330 g/mol. The third-order valence-corrected chi connectivity index (χ3v) is 5.20. The van der Waals surface area contributed by atoms with Gasteiger partial charge >= 0.3 is 0 Å². The number of benzene rings is 2. The largest absolute Gasteiger partial charge is 0.497 e. The minimum Gasteiger partial charge on any atom is -0.497 e. The van der Waals surface area contributed by atoms with E-state index in [9.17, 15) is 9.59 Å². The molecule has 1 amide bonds. The normalized spacial score (nSPS) is 21.5. The molecule has 4 rings (SSSR count). The Kier molecular flexibility index (Phi) is 3.94. The molecule has 1 saturated heterocycles. The lowest BCUT2D eigenvalue weighted by Gasteiger charge is -2.34. The van der Waals surface area contributed by atoms with Crippen molar-refractivity contribution in [3.63, 3.8) is 0 Å². The minimum absolute atomic E-state index is 0.0153. The van der Waals surface area contributed by atoms with Gasteiger partial charge in [0.1, 0.15) is 17.1 Å². The van der Waals surface area contributed by atoms with Crippen molar-refractivity contribution in [2.24, 2.45) is 0 Å². The summed E-state index contributed by atoms with van der Waals surface area (Å²) >= 11 is 0. The first-order valence-corrected chi connectivity index (χ1v) is 8.76. The van der Waals surface area contributed by atoms with Crippen molar-refractivity contribution in [3.05, 3.63) is 59.2 Å². The number of carbonyl (C=O) groups is 2. The summed E-state index contributed by atoms with van der Waals surface area (Å²) in [7, 11) is 1.57. The minimum atomic E-state index is -0.626. The summed E-state index contributed by atoms with van der Waals surface area (Å²) in [6.45, 7) is 3.01. The van der Waals surface area contributed by atoms with Crippen LogP contribution >= 0.6 is 0 Å². The van der Waals surface area contributed by atoms with Crippen molar-refractivity contribution >= 4 is 11.7 Å².